The number of carbonyl (C=O) groups excluding carboxylic acids is 2. The van der Waals surface area contributed by atoms with Crippen LogP contribution in [-0.4, -0.2) is 23.9 Å². The maximum atomic E-state index is 11.5. The van der Waals surface area contributed by atoms with E-state index in [2.05, 4.69) is 4.74 Å². The highest BCUT2D eigenvalue weighted by Gasteiger charge is 2.21. The van der Waals surface area contributed by atoms with Crippen molar-refractivity contribution in [2.75, 3.05) is 5.88 Å². The smallest absolute Gasteiger partial charge is 0.342 e. The van der Waals surface area contributed by atoms with Gasteiger partial charge in [0.2, 0.25) is 0 Å². The molecule has 0 aromatic heterocycles. The minimum atomic E-state index is -0.813. The Hall–Kier alpha value is -1.39. The van der Waals surface area contributed by atoms with Crippen LogP contribution in [0.5, 0.6) is 0 Å². The number of alkyl halides is 1. The number of esters is 2. The number of ether oxygens (including phenoxy) is 2. The largest absolute Gasteiger partial charge is 0.391 e. The number of benzene rings is 1. The van der Waals surface area contributed by atoms with Crippen LogP contribution in [0.2, 0.25) is 0 Å². The Morgan fingerprint density at radius 1 is 1.28 bits per heavy atom. The van der Waals surface area contributed by atoms with E-state index in [-0.39, 0.29) is 12.5 Å². The van der Waals surface area contributed by atoms with Gasteiger partial charge in [-0.25, -0.2) is 4.79 Å². The summed E-state index contributed by atoms with van der Waals surface area (Å²) in [5.74, 6) is -1.09. The quantitative estimate of drug-likeness (QED) is 0.452. The highest BCUT2D eigenvalue weighted by Crippen LogP contribution is 2.08. The van der Waals surface area contributed by atoms with Crippen LogP contribution >= 0.6 is 11.6 Å². The normalized spacial score (nSPS) is 11.9. The van der Waals surface area contributed by atoms with E-state index in [0.717, 1.165) is 5.56 Å². The van der Waals surface area contributed by atoms with Crippen molar-refractivity contribution in [3.63, 3.8) is 0 Å². The molecular weight excluding hydrogens is 256 g/mol. The maximum Gasteiger partial charge on any atom is 0.342 e. The molecule has 5 heteroatoms. The Kier molecular flexibility index (Phi) is 6.39. The van der Waals surface area contributed by atoms with Crippen molar-refractivity contribution < 1.29 is 19.1 Å². The predicted octanol–water partition coefficient (Wildman–Crippen LogP) is 2.29. The van der Waals surface area contributed by atoms with Crippen molar-refractivity contribution in [1.29, 1.82) is 0 Å². The Labute approximate surface area is 111 Å². The molecule has 0 saturated heterocycles. The summed E-state index contributed by atoms with van der Waals surface area (Å²) in [5, 5.41) is 0. The lowest BCUT2D eigenvalue weighted by Gasteiger charge is -2.14. The minimum absolute atomic E-state index is 0.256. The molecule has 0 aliphatic rings. The van der Waals surface area contributed by atoms with Crippen molar-refractivity contribution in [2.45, 2.75) is 26.1 Å². The first-order valence-corrected chi connectivity index (χ1v) is 6.10. The molecule has 0 saturated carbocycles. The lowest BCUT2D eigenvalue weighted by atomic mass is 10.2. The fourth-order valence-electron chi connectivity index (χ4n) is 1.35. The fraction of sp³-hybridized carbons (Fsp3) is 0.385. The van der Waals surface area contributed by atoms with Gasteiger partial charge in [-0.15, -0.1) is 11.6 Å². The molecule has 0 aliphatic carbocycles. The van der Waals surface area contributed by atoms with E-state index in [0.29, 0.717) is 6.42 Å². The summed E-state index contributed by atoms with van der Waals surface area (Å²) in [7, 11) is 0. The zero-order chi connectivity index (χ0) is 13.4. The molecule has 1 atom stereocenters. The number of hydrogen-bond acceptors (Lipinski definition) is 4. The highest BCUT2D eigenvalue weighted by atomic mass is 35.5. The van der Waals surface area contributed by atoms with Crippen molar-refractivity contribution >= 4 is 23.5 Å². The average Bonchev–Trinajstić information content (AvgIpc) is 2.34. The van der Waals surface area contributed by atoms with Crippen LogP contribution in [0.15, 0.2) is 30.3 Å². The topological polar surface area (TPSA) is 52.6 Å². The van der Waals surface area contributed by atoms with E-state index < -0.39 is 18.0 Å². The van der Waals surface area contributed by atoms with Gasteiger partial charge in [0.1, 0.15) is 0 Å². The maximum absolute atomic E-state index is 11.5. The third-order valence-corrected chi connectivity index (χ3v) is 2.39. The van der Waals surface area contributed by atoms with Gasteiger partial charge < -0.3 is 9.47 Å². The molecule has 98 valence electrons. The van der Waals surface area contributed by atoms with E-state index in [4.69, 9.17) is 16.3 Å². The summed E-state index contributed by atoms with van der Waals surface area (Å²) in [5.41, 5.74) is 0.938. The first kappa shape index (κ1) is 14.7. The van der Waals surface area contributed by atoms with Crippen molar-refractivity contribution in [3.05, 3.63) is 35.9 Å². The van der Waals surface area contributed by atoms with Gasteiger partial charge in [-0.2, -0.15) is 0 Å². The van der Waals surface area contributed by atoms with Gasteiger partial charge in [0.25, 0.3) is 0 Å². The molecule has 4 nitrogen and oxygen atoms in total. The van der Waals surface area contributed by atoms with Gasteiger partial charge in [0.05, 0.1) is 6.61 Å². The zero-order valence-electron chi connectivity index (χ0n) is 10.1. The number of rotatable bonds is 6. The van der Waals surface area contributed by atoms with Gasteiger partial charge in [0, 0.05) is 12.8 Å². The molecule has 0 amide bonds. The van der Waals surface area contributed by atoms with Crippen LogP contribution in [-0.2, 0) is 25.7 Å². The second-order valence-corrected chi connectivity index (χ2v) is 4.05. The molecule has 0 N–H and O–H groups in total. The Bertz CT molecular complexity index is 391. The molecule has 1 aromatic carbocycles. The fourth-order valence-corrected chi connectivity index (χ4v) is 1.54. The van der Waals surface area contributed by atoms with Crippen LogP contribution in [0.25, 0.3) is 0 Å². The van der Waals surface area contributed by atoms with E-state index in [1.54, 1.807) is 0 Å². The summed E-state index contributed by atoms with van der Waals surface area (Å²) in [4.78, 5) is 22.2. The summed E-state index contributed by atoms with van der Waals surface area (Å²) >= 11 is 5.59. The Balaban J connectivity index is 2.52. The number of carbonyl (C=O) groups is 2. The summed E-state index contributed by atoms with van der Waals surface area (Å²) in [6.45, 7) is 1.45. The van der Waals surface area contributed by atoms with Crippen molar-refractivity contribution in [1.82, 2.24) is 0 Å². The standard InChI is InChI=1S/C13H15ClO4/c1-10(15)18-13(16)12(7-8-14)17-9-11-5-3-2-4-6-11/h2-6,12H,7-9H2,1H3. The lowest BCUT2D eigenvalue weighted by molar-refractivity contribution is -0.167. The summed E-state index contributed by atoms with van der Waals surface area (Å²) in [6, 6.07) is 9.41. The van der Waals surface area contributed by atoms with Gasteiger partial charge in [-0.3, -0.25) is 4.79 Å². The highest BCUT2D eigenvalue weighted by molar-refractivity contribution is 6.18. The average molecular weight is 271 g/mol. The van der Waals surface area contributed by atoms with Crippen molar-refractivity contribution in [3.8, 4) is 0 Å². The van der Waals surface area contributed by atoms with E-state index in [1.165, 1.54) is 6.92 Å². The van der Waals surface area contributed by atoms with Crippen LogP contribution in [0, 0.1) is 0 Å². The van der Waals surface area contributed by atoms with Crippen LogP contribution < -0.4 is 0 Å². The van der Waals surface area contributed by atoms with E-state index in [1.807, 2.05) is 30.3 Å². The number of hydrogen-bond donors (Lipinski definition) is 0. The van der Waals surface area contributed by atoms with Crippen molar-refractivity contribution in [2.24, 2.45) is 0 Å². The van der Waals surface area contributed by atoms with E-state index >= 15 is 0 Å². The number of halogens is 1. The molecule has 0 bridgehead atoms. The Morgan fingerprint density at radius 2 is 1.94 bits per heavy atom. The second kappa shape index (κ2) is 7.84. The molecule has 1 unspecified atom stereocenters. The van der Waals surface area contributed by atoms with Gasteiger partial charge in [-0.1, -0.05) is 30.3 Å². The molecule has 18 heavy (non-hydrogen) atoms. The van der Waals surface area contributed by atoms with Gasteiger partial charge in [0.15, 0.2) is 6.10 Å². The van der Waals surface area contributed by atoms with Crippen LogP contribution in [0.3, 0.4) is 0 Å². The first-order chi connectivity index (χ1) is 8.63. The SMILES string of the molecule is CC(=O)OC(=O)C(CCCl)OCc1ccccc1. The molecule has 0 radical (unpaired) electrons. The molecule has 0 spiro atoms. The monoisotopic (exact) mass is 270 g/mol. The molecule has 1 rings (SSSR count). The van der Waals surface area contributed by atoms with E-state index in [9.17, 15) is 9.59 Å². The van der Waals surface area contributed by atoms with Gasteiger partial charge >= 0.3 is 11.9 Å². The van der Waals surface area contributed by atoms with Crippen LogP contribution in [0.1, 0.15) is 18.9 Å². The molecule has 0 fully saturated rings. The first-order valence-electron chi connectivity index (χ1n) is 5.57. The summed E-state index contributed by atoms with van der Waals surface area (Å²) < 4.78 is 9.91. The van der Waals surface area contributed by atoms with Gasteiger partial charge in [-0.05, 0) is 12.0 Å². The minimum Gasteiger partial charge on any atom is -0.391 e. The second-order valence-electron chi connectivity index (χ2n) is 3.68. The molecule has 1 aromatic rings. The molecular formula is C13H15ClO4. The third kappa shape index (κ3) is 5.29. The summed E-state index contributed by atoms with van der Waals surface area (Å²) in [6.07, 6.45) is -0.507. The zero-order valence-corrected chi connectivity index (χ0v) is 10.9. The van der Waals surface area contributed by atoms with Crippen LogP contribution in [0.4, 0.5) is 0 Å². The lowest BCUT2D eigenvalue weighted by Crippen LogP contribution is -2.28. The Morgan fingerprint density at radius 3 is 2.50 bits per heavy atom. The molecule has 0 heterocycles. The third-order valence-electron chi connectivity index (χ3n) is 2.17. The molecule has 0 aliphatic heterocycles. The predicted molar refractivity (Wildman–Crippen MR) is 67.1 cm³/mol.